The standard InChI is InChI=1S/C20H22N4O4S/c1-2-28-19-15(8-5-11-21-19)20(25)24-12-6-7-14(13-24)18-22-16-9-3-4-10-17(16)29(26,27)23-18/h3-5,8-11,14H,2,6-7,12-13H2,1H3,(H,22,23)/t14-/m1/s1. The van der Waals surface area contributed by atoms with Crippen molar-refractivity contribution in [3.05, 3.63) is 48.2 Å². The van der Waals surface area contributed by atoms with Crippen LogP contribution < -0.4 is 10.1 Å². The lowest BCUT2D eigenvalue weighted by molar-refractivity contribution is 0.0698. The number of rotatable bonds is 4. The molecule has 0 spiro atoms. The molecule has 2 aliphatic heterocycles. The number of nitrogens with zero attached hydrogens (tertiary/aromatic N) is 3. The first-order valence-corrected chi connectivity index (χ1v) is 11.0. The Morgan fingerprint density at radius 3 is 2.93 bits per heavy atom. The molecule has 8 nitrogen and oxygen atoms in total. The van der Waals surface area contributed by atoms with Crippen molar-refractivity contribution in [2.24, 2.45) is 10.3 Å². The molecule has 1 fully saturated rings. The number of fused-ring (bicyclic) bond motifs is 1. The summed E-state index contributed by atoms with van der Waals surface area (Å²) in [6.45, 7) is 3.22. The average molecular weight is 414 g/mol. The third-order valence-corrected chi connectivity index (χ3v) is 6.37. The molecule has 1 atom stereocenters. The molecule has 2 aromatic rings. The second-order valence-corrected chi connectivity index (χ2v) is 8.52. The van der Waals surface area contributed by atoms with Crippen LogP contribution in [0.3, 0.4) is 0 Å². The van der Waals surface area contributed by atoms with E-state index in [0.717, 1.165) is 12.8 Å². The van der Waals surface area contributed by atoms with E-state index in [4.69, 9.17) is 4.74 Å². The van der Waals surface area contributed by atoms with Gasteiger partial charge in [0, 0.05) is 25.2 Å². The molecule has 0 radical (unpaired) electrons. The van der Waals surface area contributed by atoms with E-state index in [1.807, 2.05) is 6.92 Å². The number of benzene rings is 1. The van der Waals surface area contributed by atoms with Gasteiger partial charge in [0.2, 0.25) is 5.88 Å². The molecule has 152 valence electrons. The number of nitrogens with one attached hydrogen (secondary N) is 1. The Bertz CT molecular complexity index is 1070. The van der Waals surface area contributed by atoms with Gasteiger partial charge in [-0.05, 0) is 44.0 Å². The summed E-state index contributed by atoms with van der Waals surface area (Å²) in [5, 5.41) is 3.15. The number of pyridine rings is 1. The monoisotopic (exact) mass is 414 g/mol. The number of likely N-dealkylation sites (tertiary alicyclic amines) is 1. The molecule has 29 heavy (non-hydrogen) atoms. The van der Waals surface area contributed by atoms with Crippen LogP contribution in [0.5, 0.6) is 5.88 Å². The minimum Gasteiger partial charge on any atom is -0.477 e. The number of sulfonamides is 1. The van der Waals surface area contributed by atoms with Gasteiger partial charge in [-0.3, -0.25) is 4.79 Å². The number of para-hydroxylation sites is 1. The number of amidine groups is 1. The number of aromatic nitrogens is 1. The molecule has 2 aliphatic rings. The Kier molecular flexibility index (Phi) is 5.23. The summed E-state index contributed by atoms with van der Waals surface area (Å²) in [5.41, 5.74) is 0.929. The molecule has 0 aliphatic carbocycles. The van der Waals surface area contributed by atoms with E-state index in [-0.39, 0.29) is 16.7 Å². The minimum absolute atomic E-state index is 0.171. The number of anilines is 1. The Hall–Kier alpha value is -2.94. The van der Waals surface area contributed by atoms with Gasteiger partial charge >= 0.3 is 0 Å². The van der Waals surface area contributed by atoms with Crippen molar-refractivity contribution in [1.29, 1.82) is 0 Å². The Balaban J connectivity index is 1.57. The second kappa shape index (κ2) is 7.82. The molecule has 0 bridgehead atoms. The molecule has 0 saturated carbocycles. The van der Waals surface area contributed by atoms with Gasteiger partial charge in [0.15, 0.2) is 0 Å². The fourth-order valence-electron chi connectivity index (χ4n) is 3.67. The number of hydrogen-bond acceptors (Lipinski definition) is 6. The number of carbonyl (C=O) groups is 1. The van der Waals surface area contributed by atoms with Gasteiger partial charge in [-0.1, -0.05) is 12.1 Å². The van der Waals surface area contributed by atoms with Gasteiger partial charge in [0.25, 0.3) is 15.9 Å². The lowest BCUT2D eigenvalue weighted by Gasteiger charge is -2.34. The SMILES string of the molecule is CCOc1ncccc1C(=O)N1CCC[C@@H](C2=NS(=O)(=O)c3ccccc3N2)C1. The highest BCUT2D eigenvalue weighted by molar-refractivity contribution is 7.90. The van der Waals surface area contributed by atoms with Crippen LogP contribution in [0.2, 0.25) is 0 Å². The lowest BCUT2D eigenvalue weighted by Crippen LogP contribution is -2.44. The summed E-state index contributed by atoms with van der Waals surface area (Å²) in [6, 6.07) is 10.1. The maximum atomic E-state index is 13.1. The molecule has 3 heterocycles. The zero-order chi connectivity index (χ0) is 20.4. The molecule has 1 amide bonds. The molecular formula is C20H22N4O4S. The van der Waals surface area contributed by atoms with E-state index in [9.17, 15) is 13.2 Å². The van der Waals surface area contributed by atoms with E-state index < -0.39 is 10.0 Å². The maximum Gasteiger partial charge on any atom is 0.286 e. The van der Waals surface area contributed by atoms with Gasteiger partial charge in [-0.2, -0.15) is 8.42 Å². The first-order chi connectivity index (χ1) is 14.0. The number of ether oxygens (including phenoxy) is 1. The van der Waals surface area contributed by atoms with Crippen molar-refractivity contribution in [3.63, 3.8) is 0 Å². The molecule has 4 rings (SSSR count). The molecule has 1 saturated heterocycles. The molecule has 1 aromatic carbocycles. The van der Waals surface area contributed by atoms with Crippen LogP contribution in [-0.4, -0.2) is 49.7 Å². The van der Waals surface area contributed by atoms with Gasteiger partial charge in [0.1, 0.15) is 16.3 Å². The third-order valence-electron chi connectivity index (χ3n) is 5.02. The van der Waals surface area contributed by atoms with Crippen LogP contribution in [0.4, 0.5) is 5.69 Å². The third kappa shape index (κ3) is 3.82. The Morgan fingerprint density at radius 1 is 1.28 bits per heavy atom. The lowest BCUT2D eigenvalue weighted by atomic mass is 9.96. The zero-order valence-electron chi connectivity index (χ0n) is 16.0. The quantitative estimate of drug-likeness (QED) is 0.825. The summed E-state index contributed by atoms with van der Waals surface area (Å²) in [7, 11) is -3.75. The molecule has 1 aromatic heterocycles. The van der Waals surface area contributed by atoms with Crippen molar-refractivity contribution in [2.45, 2.75) is 24.7 Å². The van der Waals surface area contributed by atoms with E-state index in [2.05, 4.69) is 14.7 Å². The minimum atomic E-state index is -3.75. The number of hydrogen-bond donors (Lipinski definition) is 1. The van der Waals surface area contributed by atoms with E-state index in [1.165, 1.54) is 6.07 Å². The van der Waals surface area contributed by atoms with E-state index in [1.54, 1.807) is 41.4 Å². The van der Waals surface area contributed by atoms with Crippen molar-refractivity contribution in [1.82, 2.24) is 9.88 Å². The van der Waals surface area contributed by atoms with Crippen molar-refractivity contribution >= 4 is 27.5 Å². The van der Waals surface area contributed by atoms with Crippen LogP contribution in [0.15, 0.2) is 51.9 Å². The zero-order valence-corrected chi connectivity index (χ0v) is 16.9. The predicted octanol–water partition coefficient (Wildman–Crippen LogP) is 2.55. The van der Waals surface area contributed by atoms with Crippen LogP contribution in [0.25, 0.3) is 0 Å². The van der Waals surface area contributed by atoms with E-state index >= 15 is 0 Å². The highest BCUT2D eigenvalue weighted by Gasteiger charge is 2.33. The van der Waals surface area contributed by atoms with Gasteiger partial charge in [-0.15, -0.1) is 4.40 Å². The van der Waals surface area contributed by atoms with Crippen LogP contribution >= 0.6 is 0 Å². The fraction of sp³-hybridized carbons (Fsp3) is 0.350. The molecule has 9 heteroatoms. The summed E-state index contributed by atoms with van der Waals surface area (Å²) >= 11 is 0. The first kappa shape index (κ1) is 19.4. The normalized spacial score (nSPS) is 20.2. The Morgan fingerprint density at radius 2 is 2.10 bits per heavy atom. The topological polar surface area (TPSA) is 101 Å². The summed E-state index contributed by atoms with van der Waals surface area (Å²) < 4.78 is 34.6. The fourth-order valence-corrected chi connectivity index (χ4v) is 4.87. The largest absolute Gasteiger partial charge is 0.477 e. The van der Waals surface area contributed by atoms with Gasteiger partial charge in [-0.25, -0.2) is 4.98 Å². The van der Waals surface area contributed by atoms with Crippen molar-refractivity contribution in [3.8, 4) is 5.88 Å². The molecule has 0 unspecified atom stereocenters. The highest BCUT2D eigenvalue weighted by Crippen LogP contribution is 2.31. The summed E-state index contributed by atoms with van der Waals surface area (Å²) in [5.74, 6) is 0.332. The highest BCUT2D eigenvalue weighted by atomic mass is 32.2. The predicted molar refractivity (Wildman–Crippen MR) is 109 cm³/mol. The van der Waals surface area contributed by atoms with E-state index in [0.29, 0.717) is 42.7 Å². The van der Waals surface area contributed by atoms with Crippen molar-refractivity contribution < 1.29 is 17.9 Å². The smallest absolute Gasteiger partial charge is 0.286 e. The van der Waals surface area contributed by atoms with Gasteiger partial charge in [0.05, 0.1) is 12.3 Å². The van der Waals surface area contributed by atoms with Crippen LogP contribution in [-0.2, 0) is 10.0 Å². The number of amides is 1. The van der Waals surface area contributed by atoms with Crippen LogP contribution in [0, 0.1) is 5.92 Å². The summed E-state index contributed by atoms with van der Waals surface area (Å²) in [4.78, 5) is 19.1. The molecular weight excluding hydrogens is 392 g/mol. The summed E-state index contributed by atoms with van der Waals surface area (Å²) in [6.07, 6.45) is 3.09. The number of piperidine rings is 1. The van der Waals surface area contributed by atoms with Crippen molar-refractivity contribution in [2.75, 3.05) is 25.0 Å². The number of carbonyl (C=O) groups excluding carboxylic acids is 1. The average Bonchev–Trinajstić information content (AvgIpc) is 2.73. The molecule has 1 N–H and O–H groups in total. The maximum absolute atomic E-state index is 13.1. The van der Waals surface area contributed by atoms with Crippen LogP contribution in [0.1, 0.15) is 30.1 Å². The second-order valence-electron chi connectivity index (χ2n) is 6.95. The first-order valence-electron chi connectivity index (χ1n) is 9.57. The van der Waals surface area contributed by atoms with Gasteiger partial charge < -0.3 is 15.0 Å². The Labute approximate surface area is 169 Å².